The van der Waals surface area contributed by atoms with Gasteiger partial charge in [0, 0.05) is 24.3 Å². The number of hydrogen-bond donors (Lipinski definition) is 1. The van der Waals surface area contributed by atoms with Crippen LogP contribution in [0.2, 0.25) is 0 Å². The fourth-order valence-electron chi connectivity index (χ4n) is 4.21. The molecule has 1 aliphatic rings. The molecule has 0 radical (unpaired) electrons. The number of hydrogen-bond acceptors (Lipinski definition) is 3. The average Bonchev–Trinajstić information content (AvgIpc) is 3.27. The molecule has 3 aromatic carbocycles. The first-order chi connectivity index (χ1) is 15.6. The second-order valence-corrected chi connectivity index (χ2v) is 7.99. The van der Waals surface area contributed by atoms with Crippen molar-refractivity contribution in [1.82, 2.24) is 5.32 Å². The molecule has 32 heavy (non-hydrogen) atoms. The first kappa shape index (κ1) is 21.6. The molecule has 0 saturated carbocycles. The number of nitrogens with zero attached hydrogens (tertiary/aromatic N) is 1. The lowest BCUT2D eigenvalue weighted by Gasteiger charge is -2.19. The highest BCUT2D eigenvalue weighted by atomic mass is 16.5. The lowest BCUT2D eigenvalue weighted by molar-refractivity contribution is -0.122. The van der Waals surface area contributed by atoms with Gasteiger partial charge >= 0.3 is 0 Å². The van der Waals surface area contributed by atoms with Crippen LogP contribution < -0.4 is 15.0 Å². The summed E-state index contributed by atoms with van der Waals surface area (Å²) in [6.45, 7) is 3.11. The van der Waals surface area contributed by atoms with Gasteiger partial charge in [0.2, 0.25) is 5.91 Å². The van der Waals surface area contributed by atoms with Gasteiger partial charge in [-0.1, -0.05) is 49.4 Å². The number of fused-ring (bicyclic) bond motifs is 1. The van der Waals surface area contributed by atoms with E-state index in [1.807, 2.05) is 54.3 Å². The van der Waals surface area contributed by atoms with Crippen molar-refractivity contribution in [3.05, 3.63) is 95.1 Å². The Balaban J connectivity index is 1.46. The van der Waals surface area contributed by atoms with Crippen LogP contribution in [-0.2, 0) is 17.8 Å². The van der Waals surface area contributed by atoms with E-state index in [9.17, 15) is 9.59 Å². The van der Waals surface area contributed by atoms with Crippen LogP contribution >= 0.6 is 0 Å². The first-order valence-corrected chi connectivity index (χ1v) is 11.0. The number of nitrogens with one attached hydrogen (secondary N) is 1. The largest absolute Gasteiger partial charge is 0.497 e. The third-order valence-electron chi connectivity index (χ3n) is 6.02. The van der Waals surface area contributed by atoms with E-state index in [2.05, 4.69) is 11.4 Å². The standard InChI is InChI=1S/C27H28N2O3/c1-3-24(20-7-5-4-6-8-20)26(30)28-18-19-9-10-21-15-16-29(25(21)17-19)27(31)22-11-13-23(32-2)14-12-22/h4-14,17,24H,3,15-16,18H2,1-2H3,(H,28,30). The van der Waals surface area contributed by atoms with Crippen LogP contribution in [0.25, 0.3) is 0 Å². The minimum absolute atomic E-state index is 0.0189. The molecule has 4 rings (SSSR count). The van der Waals surface area contributed by atoms with Gasteiger partial charge in [-0.15, -0.1) is 0 Å². The minimum atomic E-state index is -0.168. The van der Waals surface area contributed by atoms with Gasteiger partial charge in [-0.3, -0.25) is 9.59 Å². The summed E-state index contributed by atoms with van der Waals surface area (Å²) < 4.78 is 5.19. The van der Waals surface area contributed by atoms with Crippen LogP contribution in [0.5, 0.6) is 5.75 Å². The van der Waals surface area contributed by atoms with Gasteiger partial charge in [-0.05, 0) is 59.9 Å². The predicted octanol–water partition coefficient (Wildman–Crippen LogP) is 4.71. The molecule has 0 aromatic heterocycles. The number of benzene rings is 3. The fraction of sp³-hybridized carbons (Fsp3) is 0.259. The predicted molar refractivity (Wildman–Crippen MR) is 126 cm³/mol. The maximum atomic E-state index is 13.1. The minimum Gasteiger partial charge on any atom is -0.497 e. The van der Waals surface area contributed by atoms with Crippen molar-refractivity contribution < 1.29 is 14.3 Å². The Hall–Kier alpha value is -3.60. The highest BCUT2D eigenvalue weighted by Gasteiger charge is 2.26. The highest BCUT2D eigenvalue weighted by Crippen LogP contribution is 2.31. The van der Waals surface area contributed by atoms with Crippen LogP contribution in [0.3, 0.4) is 0 Å². The number of rotatable bonds is 7. The lowest BCUT2D eigenvalue weighted by Crippen LogP contribution is -2.30. The molecule has 1 N–H and O–H groups in total. The van der Waals surface area contributed by atoms with Crippen molar-refractivity contribution >= 4 is 17.5 Å². The van der Waals surface area contributed by atoms with Gasteiger partial charge in [-0.25, -0.2) is 0 Å². The summed E-state index contributed by atoms with van der Waals surface area (Å²) in [6.07, 6.45) is 1.57. The van der Waals surface area contributed by atoms with Crippen molar-refractivity contribution in [3.63, 3.8) is 0 Å². The van der Waals surface area contributed by atoms with Crippen molar-refractivity contribution in [2.24, 2.45) is 0 Å². The number of carbonyl (C=O) groups excluding carboxylic acids is 2. The molecule has 3 aromatic rings. The third-order valence-corrected chi connectivity index (χ3v) is 6.02. The van der Waals surface area contributed by atoms with E-state index in [-0.39, 0.29) is 17.7 Å². The molecule has 1 atom stereocenters. The van der Waals surface area contributed by atoms with Crippen molar-refractivity contribution in [2.45, 2.75) is 32.2 Å². The summed E-state index contributed by atoms with van der Waals surface area (Å²) in [5.41, 5.74) is 4.71. The Morgan fingerprint density at radius 2 is 1.78 bits per heavy atom. The van der Waals surface area contributed by atoms with Crippen molar-refractivity contribution in [1.29, 1.82) is 0 Å². The number of carbonyl (C=O) groups is 2. The third kappa shape index (κ3) is 4.52. The number of anilines is 1. The Bertz CT molecular complexity index is 1090. The molecule has 5 heteroatoms. The molecule has 0 saturated heterocycles. The molecule has 164 valence electrons. The van der Waals surface area contributed by atoms with E-state index in [0.717, 1.165) is 41.0 Å². The van der Waals surface area contributed by atoms with Crippen LogP contribution in [0.1, 0.15) is 46.3 Å². The van der Waals surface area contributed by atoms with Gasteiger partial charge in [-0.2, -0.15) is 0 Å². The van der Waals surface area contributed by atoms with Gasteiger partial charge < -0.3 is 15.0 Å². The molecule has 2 amide bonds. The molecule has 0 bridgehead atoms. The van der Waals surface area contributed by atoms with Crippen LogP contribution in [0.15, 0.2) is 72.8 Å². The zero-order valence-electron chi connectivity index (χ0n) is 18.5. The second-order valence-electron chi connectivity index (χ2n) is 7.99. The van der Waals surface area contributed by atoms with E-state index in [4.69, 9.17) is 4.74 Å². The summed E-state index contributed by atoms with van der Waals surface area (Å²) in [5, 5.41) is 3.07. The van der Waals surface area contributed by atoms with E-state index < -0.39 is 0 Å². The molecule has 1 aliphatic heterocycles. The zero-order valence-corrected chi connectivity index (χ0v) is 18.5. The molecule has 1 heterocycles. The van der Waals surface area contributed by atoms with Crippen LogP contribution in [-0.4, -0.2) is 25.5 Å². The Morgan fingerprint density at radius 3 is 2.47 bits per heavy atom. The lowest BCUT2D eigenvalue weighted by atomic mass is 9.95. The summed E-state index contributed by atoms with van der Waals surface area (Å²) in [5.74, 6) is 0.550. The first-order valence-electron chi connectivity index (χ1n) is 11.0. The maximum absolute atomic E-state index is 13.1. The Kier molecular flexibility index (Phi) is 6.55. The monoisotopic (exact) mass is 428 g/mol. The second kappa shape index (κ2) is 9.69. The molecular weight excluding hydrogens is 400 g/mol. The van der Waals surface area contributed by atoms with E-state index >= 15 is 0 Å². The van der Waals surface area contributed by atoms with Crippen molar-refractivity contribution in [2.75, 3.05) is 18.6 Å². The van der Waals surface area contributed by atoms with Crippen LogP contribution in [0.4, 0.5) is 5.69 Å². The number of amides is 2. The van der Waals surface area contributed by atoms with Gasteiger partial charge in [0.25, 0.3) is 5.91 Å². The van der Waals surface area contributed by atoms with E-state index in [1.54, 1.807) is 31.4 Å². The normalized spacial score (nSPS) is 13.4. The summed E-state index contributed by atoms with van der Waals surface area (Å²) in [6, 6.07) is 23.1. The molecule has 0 fully saturated rings. The quantitative estimate of drug-likeness (QED) is 0.593. The average molecular weight is 429 g/mol. The molecular formula is C27H28N2O3. The molecule has 5 nitrogen and oxygen atoms in total. The number of ether oxygens (including phenoxy) is 1. The SMILES string of the molecule is CCC(C(=O)NCc1ccc2c(c1)N(C(=O)c1ccc(OC)cc1)CC2)c1ccccc1. The Labute approximate surface area is 189 Å². The van der Waals surface area contributed by atoms with Gasteiger partial charge in [0.15, 0.2) is 0 Å². The highest BCUT2D eigenvalue weighted by molar-refractivity contribution is 6.07. The summed E-state index contributed by atoms with van der Waals surface area (Å²) in [4.78, 5) is 27.7. The fourth-order valence-corrected chi connectivity index (χ4v) is 4.21. The number of methoxy groups -OCH3 is 1. The summed E-state index contributed by atoms with van der Waals surface area (Å²) >= 11 is 0. The van der Waals surface area contributed by atoms with E-state index in [0.29, 0.717) is 18.7 Å². The van der Waals surface area contributed by atoms with Gasteiger partial charge in [0.1, 0.15) is 5.75 Å². The molecule has 0 spiro atoms. The topological polar surface area (TPSA) is 58.6 Å². The van der Waals surface area contributed by atoms with Crippen molar-refractivity contribution in [3.8, 4) is 5.75 Å². The van der Waals surface area contributed by atoms with E-state index in [1.165, 1.54) is 0 Å². The van der Waals surface area contributed by atoms with Gasteiger partial charge in [0.05, 0.1) is 13.0 Å². The summed E-state index contributed by atoms with van der Waals surface area (Å²) in [7, 11) is 1.61. The maximum Gasteiger partial charge on any atom is 0.258 e. The van der Waals surface area contributed by atoms with Crippen LogP contribution in [0, 0.1) is 0 Å². The molecule has 0 aliphatic carbocycles. The smallest absolute Gasteiger partial charge is 0.258 e. The zero-order chi connectivity index (χ0) is 22.5. The Morgan fingerprint density at radius 1 is 1.03 bits per heavy atom. The molecule has 1 unspecified atom stereocenters.